The van der Waals surface area contributed by atoms with E-state index in [1.54, 1.807) is 31.0 Å². The largest absolute Gasteiger partial charge is 0.465 e. The highest BCUT2D eigenvalue weighted by Gasteiger charge is 2.32. The molecule has 0 aliphatic carbocycles. The summed E-state index contributed by atoms with van der Waals surface area (Å²) in [5, 5.41) is 7.64. The Labute approximate surface area is 106 Å². The number of aromatic nitrogens is 2. The van der Waals surface area contributed by atoms with Crippen LogP contribution < -0.4 is 5.32 Å². The van der Waals surface area contributed by atoms with E-state index in [1.165, 1.54) is 0 Å². The second-order valence-corrected chi connectivity index (χ2v) is 4.41. The molecule has 0 aliphatic heterocycles. The minimum Gasteiger partial charge on any atom is -0.465 e. The van der Waals surface area contributed by atoms with Crippen molar-refractivity contribution in [1.29, 1.82) is 0 Å². The van der Waals surface area contributed by atoms with Crippen molar-refractivity contribution in [1.82, 2.24) is 15.1 Å². The number of rotatable bonds is 6. The van der Waals surface area contributed by atoms with Gasteiger partial charge in [0.25, 0.3) is 0 Å². The van der Waals surface area contributed by atoms with Crippen LogP contribution >= 0.6 is 11.6 Å². The highest BCUT2D eigenvalue weighted by molar-refractivity contribution is 6.30. The van der Waals surface area contributed by atoms with Crippen LogP contribution in [0.25, 0.3) is 0 Å². The summed E-state index contributed by atoms with van der Waals surface area (Å²) >= 11 is 5.77. The van der Waals surface area contributed by atoms with Gasteiger partial charge in [-0.3, -0.25) is 9.48 Å². The number of hydrogen-bond acceptors (Lipinski definition) is 4. The van der Waals surface area contributed by atoms with Crippen molar-refractivity contribution >= 4 is 17.6 Å². The molecule has 0 spiro atoms. The molecular formula is C11H18ClN3O2. The van der Waals surface area contributed by atoms with Crippen molar-refractivity contribution in [3.63, 3.8) is 0 Å². The van der Waals surface area contributed by atoms with Crippen molar-refractivity contribution in [2.45, 2.75) is 32.4 Å². The molecule has 1 heterocycles. The van der Waals surface area contributed by atoms with E-state index in [2.05, 4.69) is 10.4 Å². The number of esters is 1. The van der Waals surface area contributed by atoms with Gasteiger partial charge >= 0.3 is 5.97 Å². The number of ether oxygens (including phenoxy) is 1. The highest BCUT2D eigenvalue weighted by atomic mass is 35.5. The first-order valence-electron chi connectivity index (χ1n) is 5.56. The highest BCUT2D eigenvalue weighted by Crippen LogP contribution is 2.14. The predicted octanol–water partition coefficient (Wildman–Crippen LogP) is 1.47. The summed E-state index contributed by atoms with van der Waals surface area (Å²) < 4.78 is 6.74. The molecular weight excluding hydrogens is 242 g/mol. The molecule has 6 heteroatoms. The van der Waals surface area contributed by atoms with E-state index in [0.29, 0.717) is 24.6 Å². The maximum absolute atomic E-state index is 11.8. The van der Waals surface area contributed by atoms with Crippen LogP contribution in [0.1, 0.15) is 20.3 Å². The normalized spacial score (nSPS) is 14.4. The van der Waals surface area contributed by atoms with Gasteiger partial charge in [-0.1, -0.05) is 11.6 Å². The zero-order chi connectivity index (χ0) is 12.9. The van der Waals surface area contributed by atoms with E-state index in [1.807, 2.05) is 6.92 Å². The average molecular weight is 260 g/mol. The van der Waals surface area contributed by atoms with Crippen LogP contribution in [-0.2, 0) is 16.1 Å². The lowest BCUT2D eigenvalue weighted by Crippen LogP contribution is -2.49. The number of halogens is 1. The van der Waals surface area contributed by atoms with E-state index in [0.717, 1.165) is 0 Å². The number of nitrogens with one attached hydrogen (secondary N) is 1. The van der Waals surface area contributed by atoms with Crippen LogP contribution in [0.15, 0.2) is 12.4 Å². The Kier molecular flexibility index (Phi) is 4.96. The summed E-state index contributed by atoms with van der Waals surface area (Å²) in [6.07, 6.45) is 3.88. The minimum atomic E-state index is -0.700. The molecule has 1 unspecified atom stereocenters. The van der Waals surface area contributed by atoms with E-state index in [4.69, 9.17) is 16.3 Å². The molecule has 0 amide bonds. The number of likely N-dealkylation sites (N-methyl/N-ethyl adjacent to an activating group) is 1. The van der Waals surface area contributed by atoms with Crippen LogP contribution in [0.2, 0.25) is 5.02 Å². The standard InChI is InChI=1S/C11H18ClN3O2/c1-4-17-10(16)11(2,13-3)5-6-15-8-9(12)7-14-15/h7-8,13H,4-6H2,1-3H3. The fraction of sp³-hybridized carbons (Fsp3) is 0.636. The smallest absolute Gasteiger partial charge is 0.326 e. The van der Waals surface area contributed by atoms with Gasteiger partial charge in [-0.15, -0.1) is 0 Å². The fourth-order valence-electron chi connectivity index (χ4n) is 1.42. The van der Waals surface area contributed by atoms with Gasteiger partial charge in [0.2, 0.25) is 0 Å². The summed E-state index contributed by atoms with van der Waals surface area (Å²) in [4.78, 5) is 11.8. The molecule has 0 radical (unpaired) electrons. The zero-order valence-electron chi connectivity index (χ0n) is 10.4. The van der Waals surface area contributed by atoms with E-state index < -0.39 is 5.54 Å². The average Bonchev–Trinajstić information content (AvgIpc) is 2.72. The lowest BCUT2D eigenvalue weighted by molar-refractivity contribution is -0.150. The fourth-order valence-corrected chi connectivity index (χ4v) is 1.57. The molecule has 5 nitrogen and oxygen atoms in total. The molecule has 1 atom stereocenters. The van der Waals surface area contributed by atoms with Gasteiger partial charge in [0.05, 0.1) is 17.8 Å². The second kappa shape index (κ2) is 6.02. The van der Waals surface area contributed by atoms with Crippen LogP contribution in [0.4, 0.5) is 0 Å². The molecule has 0 fully saturated rings. The Hall–Kier alpha value is -1.07. The summed E-state index contributed by atoms with van der Waals surface area (Å²) in [5.41, 5.74) is -0.700. The maximum Gasteiger partial charge on any atom is 0.326 e. The number of aryl methyl sites for hydroxylation is 1. The lowest BCUT2D eigenvalue weighted by Gasteiger charge is -2.26. The van der Waals surface area contributed by atoms with Crippen LogP contribution in [0.5, 0.6) is 0 Å². The van der Waals surface area contributed by atoms with Crippen molar-refractivity contribution in [3.8, 4) is 0 Å². The Bertz CT molecular complexity index is 381. The second-order valence-electron chi connectivity index (χ2n) is 3.97. The van der Waals surface area contributed by atoms with E-state index in [-0.39, 0.29) is 5.97 Å². The minimum absolute atomic E-state index is 0.249. The predicted molar refractivity (Wildman–Crippen MR) is 66.0 cm³/mol. The van der Waals surface area contributed by atoms with Gasteiger partial charge in [-0.05, 0) is 27.3 Å². The quantitative estimate of drug-likeness (QED) is 0.786. The van der Waals surface area contributed by atoms with Gasteiger partial charge in [0.1, 0.15) is 5.54 Å². The number of hydrogen-bond donors (Lipinski definition) is 1. The molecule has 0 bridgehead atoms. The van der Waals surface area contributed by atoms with Crippen molar-refractivity contribution in [2.75, 3.05) is 13.7 Å². The molecule has 0 saturated carbocycles. The molecule has 0 saturated heterocycles. The van der Waals surface area contributed by atoms with Gasteiger partial charge in [-0.2, -0.15) is 5.10 Å². The zero-order valence-corrected chi connectivity index (χ0v) is 11.1. The molecule has 1 N–H and O–H groups in total. The molecule has 1 aromatic rings. The molecule has 17 heavy (non-hydrogen) atoms. The maximum atomic E-state index is 11.8. The van der Waals surface area contributed by atoms with Crippen LogP contribution in [0, 0.1) is 0 Å². The Balaban J connectivity index is 2.59. The van der Waals surface area contributed by atoms with Crippen LogP contribution in [-0.4, -0.2) is 34.9 Å². The molecule has 1 rings (SSSR count). The van der Waals surface area contributed by atoms with Crippen LogP contribution in [0.3, 0.4) is 0 Å². The number of nitrogens with zero attached hydrogens (tertiary/aromatic N) is 2. The number of carbonyl (C=O) groups is 1. The van der Waals surface area contributed by atoms with Gasteiger partial charge in [-0.25, -0.2) is 0 Å². The van der Waals surface area contributed by atoms with Gasteiger partial charge in [0.15, 0.2) is 0 Å². The molecule has 1 aromatic heterocycles. The first-order chi connectivity index (χ1) is 8.01. The Morgan fingerprint density at radius 1 is 1.71 bits per heavy atom. The number of carbonyl (C=O) groups excluding carboxylic acids is 1. The molecule has 0 aliphatic rings. The van der Waals surface area contributed by atoms with Gasteiger partial charge < -0.3 is 10.1 Å². The third-order valence-electron chi connectivity index (χ3n) is 2.72. The third-order valence-corrected chi connectivity index (χ3v) is 2.92. The van der Waals surface area contributed by atoms with Gasteiger partial charge in [0, 0.05) is 12.7 Å². The van der Waals surface area contributed by atoms with E-state index in [9.17, 15) is 4.79 Å². The third kappa shape index (κ3) is 3.71. The van der Waals surface area contributed by atoms with Crippen molar-refractivity contribution < 1.29 is 9.53 Å². The monoisotopic (exact) mass is 259 g/mol. The molecule has 96 valence electrons. The first-order valence-corrected chi connectivity index (χ1v) is 5.93. The topological polar surface area (TPSA) is 56.2 Å². The summed E-state index contributed by atoms with van der Waals surface area (Å²) in [6, 6.07) is 0. The Morgan fingerprint density at radius 2 is 2.41 bits per heavy atom. The SMILES string of the molecule is CCOC(=O)C(C)(CCn1cc(Cl)cn1)NC. The van der Waals surface area contributed by atoms with E-state index >= 15 is 0 Å². The summed E-state index contributed by atoms with van der Waals surface area (Å²) in [7, 11) is 1.74. The lowest BCUT2D eigenvalue weighted by atomic mass is 9.98. The van der Waals surface area contributed by atoms with Crippen molar-refractivity contribution in [2.24, 2.45) is 0 Å². The molecule has 0 aromatic carbocycles. The first kappa shape index (κ1) is 14.0. The summed E-state index contributed by atoms with van der Waals surface area (Å²) in [5.74, 6) is -0.249. The van der Waals surface area contributed by atoms with Crippen molar-refractivity contribution in [3.05, 3.63) is 17.4 Å². The summed E-state index contributed by atoms with van der Waals surface area (Å²) in [6.45, 7) is 4.59. The Morgan fingerprint density at radius 3 is 2.88 bits per heavy atom.